The first kappa shape index (κ1) is 14.1. The zero-order chi connectivity index (χ0) is 13.7. The number of hydrogen-bond acceptors (Lipinski definition) is 6. The van der Waals surface area contributed by atoms with E-state index in [2.05, 4.69) is 10.3 Å². The normalized spacial score (nSPS) is 16.9. The monoisotopic (exact) mass is 282 g/mol. The van der Waals surface area contributed by atoms with Crippen molar-refractivity contribution in [2.75, 3.05) is 30.0 Å². The molecule has 1 aromatic carbocycles. The predicted molar refractivity (Wildman–Crippen MR) is 78.1 cm³/mol. The number of nitrogens with one attached hydrogen (secondary N) is 1. The summed E-state index contributed by atoms with van der Waals surface area (Å²) in [6.45, 7) is 2.95. The number of benzene rings is 1. The molecule has 19 heavy (non-hydrogen) atoms. The second-order valence-electron chi connectivity index (χ2n) is 4.50. The summed E-state index contributed by atoms with van der Waals surface area (Å²) < 4.78 is 0. The van der Waals surface area contributed by atoms with Gasteiger partial charge in [-0.2, -0.15) is 11.8 Å². The minimum Gasteiger partial charge on any atom is -0.318 e. The maximum atomic E-state index is 10.8. The highest BCUT2D eigenvalue weighted by Gasteiger charge is 2.15. The summed E-state index contributed by atoms with van der Waals surface area (Å²) in [5.74, 6) is 7.71. The molecule has 0 spiro atoms. The van der Waals surface area contributed by atoms with Gasteiger partial charge < -0.3 is 5.43 Å². The molecule has 2 rings (SSSR count). The molecule has 0 aromatic heterocycles. The lowest BCUT2D eigenvalue weighted by molar-refractivity contribution is -0.384. The average Bonchev–Trinajstić information content (AvgIpc) is 2.67. The van der Waals surface area contributed by atoms with E-state index in [1.54, 1.807) is 12.1 Å². The lowest BCUT2D eigenvalue weighted by Crippen LogP contribution is -2.25. The molecule has 0 aliphatic carbocycles. The highest BCUT2D eigenvalue weighted by molar-refractivity contribution is 7.99. The van der Waals surface area contributed by atoms with Crippen LogP contribution in [0.25, 0.3) is 0 Å². The van der Waals surface area contributed by atoms with Gasteiger partial charge in [0.2, 0.25) is 0 Å². The molecule has 1 heterocycles. The Morgan fingerprint density at radius 1 is 1.42 bits per heavy atom. The first-order valence-electron chi connectivity index (χ1n) is 6.25. The molecular formula is C12H18N4O2S. The van der Waals surface area contributed by atoms with Gasteiger partial charge >= 0.3 is 0 Å². The number of nitro benzene ring substituents is 1. The van der Waals surface area contributed by atoms with Crippen LogP contribution in [0, 0.1) is 10.1 Å². The number of thioether (sulfide) groups is 1. The number of anilines is 1. The number of nitrogens with two attached hydrogens (primary N) is 1. The van der Waals surface area contributed by atoms with E-state index in [0.29, 0.717) is 5.69 Å². The molecule has 1 saturated heterocycles. The largest absolute Gasteiger partial charge is 0.318 e. The minimum absolute atomic E-state index is 0.0117. The predicted octanol–water partition coefficient (Wildman–Crippen LogP) is 1.82. The Morgan fingerprint density at radius 2 is 2.26 bits per heavy atom. The molecule has 0 radical (unpaired) electrons. The van der Waals surface area contributed by atoms with Gasteiger partial charge in [-0.3, -0.25) is 20.9 Å². The third kappa shape index (κ3) is 3.82. The van der Waals surface area contributed by atoms with Gasteiger partial charge in [-0.05, 0) is 30.3 Å². The van der Waals surface area contributed by atoms with E-state index in [1.807, 2.05) is 11.8 Å². The van der Waals surface area contributed by atoms with Crippen molar-refractivity contribution in [3.63, 3.8) is 0 Å². The van der Waals surface area contributed by atoms with Gasteiger partial charge in [0.1, 0.15) is 5.69 Å². The van der Waals surface area contributed by atoms with Crippen molar-refractivity contribution >= 4 is 23.1 Å². The zero-order valence-corrected chi connectivity index (χ0v) is 11.5. The Balaban J connectivity index is 2.09. The first-order valence-corrected chi connectivity index (χ1v) is 7.40. The van der Waals surface area contributed by atoms with Gasteiger partial charge in [-0.15, -0.1) is 0 Å². The van der Waals surface area contributed by atoms with Gasteiger partial charge in [0.05, 0.1) is 4.92 Å². The fourth-order valence-electron chi connectivity index (χ4n) is 2.17. The molecule has 0 amide bonds. The summed E-state index contributed by atoms with van der Waals surface area (Å²) in [5, 5.41) is 10.8. The van der Waals surface area contributed by atoms with E-state index in [4.69, 9.17) is 5.84 Å². The van der Waals surface area contributed by atoms with Crippen molar-refractivity contribution in [2.45, 2.75) is 13.0 Å². The number of nitro groups is 1. The number of nitrogen functional groups attached to an aromatic ring is 1. The molecule has 1 fully saturated rings. The molecule has 1 aromatic rings. The van der Waals surface area contributed by atoms with Gasteiger partial charge in [0, 0.05) is 24.9 Å². The molecule has 1 aliphatic heterocycles. The van der Waals surface area contributed by atoms with Gasteiger partial charge in [-0.1, -0.05) is 6.07 Å². The molecule has 6 nitrogen and oxygen atoms in total. The average molecular weight is 282 g/mol. The second kappa shape index (κ2) is 6.74. The van der Waals surface area contributed by atoms with Crippen LogP contribution in [-0.4, -0.2) is 34.4 Å². The van der Waals surface area contributed by atoms with E-state index < -0.39 is 4.92 Å². The lowest BCUT2D eigenvalue weighted by atomic mass is 10.1. The van der Waals surface area contributed by atoms with E-state index in [0.717, 1.165) is 31.0 Å². The fourth-order valence-corrected chi connectivity index (χ4v) is 3.10. The fraction of sp³-hybridized carbons (Fsp3) is 0.500. The molecule has 7 heteroatoms. The van der Waals surface area contributed by atoms with Crippen LogP contribution < -0.4 is 11.3 Å². The van der Waals surface area contributed by atoms with Gasteiger partial charge in [-0.25, -0.2) is 0 Å². The van der Waals surface area contributed by atoms with Crippen molar-refractivity contribution in [3.05, 3.63) is 33.9 Å². The molecule has 1 aliphatic rings. The SMILES string of the molecule is NNc1cc(CN2CCCSCC2)ccc1[N+](=O)[O-]. The van der Waals surface area contributed by atoms with E-state index in [9.17, 15) is 10.1 Å². The van der Waals surface area contributed by atoms with Crippen molar-refractivity contribution in [1.82, 2.24) is 4.90 Å². The molecule has 3 N–H and O–H groups in total. The standard InChI is InChI=1S/C12H18N4O2S/c13-14-11-8-10(2-3-12(11)16(17)18)9-15-4-1-6-19-7-5-15/h2-3,8,14H,1,4-7,9,13H2. The highest BCUT2D eigenvalue weighted by atomic mass is 32.2. The zero-order valence-electron chi connectivity index (χ0n) is 10.7. The van der Waals surface area contributed by atoms with Crippen LogP contribution in [0.15, 0.2) is 18.2 Å². The van der Waals surface area contributed by atoms with Crippen LogP contribution in [-0.2, 0) is 6.54 Å². The van der Waals surface area contributed by atoms with Gasteiger partial charge in [0.25, 0.3) is 5.69 Å². The number of hydrazine groups is 1. The van der Waals surface area contributed by atoms with Crippen molar-refractivity contribution in [2.24, 2.45) is 5.84 Å². The summed E-state index contributed by atoms with van der Waals surface area (Å²) in [5.41, 5.74) is 3.83. The second-order valence-corrected chi connectivity index (χ2v) is 5.72. The molecule has 0 bridgehead atoms. The third-order valence-corrected chi connectivity index (χ3v) is 4.18. The quantitative estimate of drug-likeness (QED) is 0.498. The lowest BCUT2D eigenvalue weighted by Gasteiger charge is -2.19. The third-order valence-electron chi connectivity index (χ3n) is 3.13. The summed E-state index contributed by atoms with van der Waals surface area (Å²) >= 11 is 1.98. The van der Waals surface area contributed by atoms with Gasteiger partial charge in [0.15, 0.2) is 0 Å². The summed E-state index contributed by atoms with van der Waals surface area (Å²) in [7, 11) is 0. The smallest absolute Gasteiger partial charge is 0.293 e. The molecular weight excluding hydrogens is 264 g/mol. The minimum atomic E-state index is -0.429. The van der Waals surface area contributed by atoms with Crippen molar-refractivity contribution in [3.8, 4) is 0 Å². The summed E-state index contributed by atoms with van der Waals surface area (Å²) in [4.78, 5) is 12.8. The maximum Gasteiger partial charge on any atom is 0.293 e. The van der Waals surface area contributed by atoms with Crippen LogP contribution in [0.2, 0.25) is 0 Å². The Labute approximate surface area is 116 Å². The Kier molecular flexibility index (Phi) is 5.00. The Hall–Kier alpha value is -1.31. The molecule has 104 valence electrons. The van der Waals surface area contributed by atoms with Crippen LogP contribution in [0.3, 0.4) is 0 Å². The van der Waals surface area contributed by atoms with E-state index in [-0.39, 0.29) is 5.69 Å². The number of nitrogens with zero attached hydrogens (tertiary/aromatic N) is 2. The van der Waals surface area contributed by atoms with E-state index in [1.165, 1.54) is 18.2 Å². The molecule has 0 unspecified atom stereocenters. The molecule has 0 saturated carbocycles. The van der Waals surface area contributed by atoms with Crippen molar-refractivity contribution in [1.29, 1.82) is 0 Å². The van der Waals surface area contributed by atoms with Crippen LogP contribution >= 0.6 is 11.8 Å². The number of rotatable bonds is 4. The Morgan fingerprint density at radius 3 is 3.00 bits per heavy atom. The summed E-state index contributed by atoms with van der Waals surface area (Å²) in [6, 6.07) is 5.07. The van der Waals surface area contributed by atoms with Crippen LogP contribution in [0.4, 0.5) is 11.4 Å². The highest BCUT2D eigenvalue weighted by Crippen LogP contribution is 2.25. The first-order chi connectivity index (χ1) is 9.20. The van der Waals surface area contributed by atoms with Crippen LogP contribution in [0.1, 0.15) is 12.0 Å². The maximum absolute atomic E-state index is 10.8. The molecule has 0 atom stereocenters. The Bertz CT molecular complexity index is 447. The van der Waals surface area contributed by atoms with Crippen LogP contribution in [0.5, 0.6) is 0 Å². The summed E-state index contributed by atoms with van der Waals surface area (Å²) in [6.07, 6.45) is 1.19. The van der Waals surface area contributed by atoms with E-state index >= 15 is 0 Å². The topological polar surface area (TPSA) is 84.4 Å². The number of hydrogen-bond donors (Lipinski definition) is 2. The van der Waals surface area contributed by atoms with Crippen molar-refractivity contribution < 1.29 is 4.92 Å².